The number of ether oxygens (including phenoxy) is 1. The highest BCUT2D eigenvalue weighted by molar-refractivity contribution is 5.99. The number of hydrogen-bond donors (Lipinski definition) is 3. The number of nitrogens with one attached hydrogen (secondary N) is 2. The van der Waals surface area contributed by atoms with E-state index in [0.717, 1.165) is 18.4 Å². The molecule has 4 N–H and O–H groups in total. The first-order valence-electron chi connectivity index (χ1n) is 6.60. The molecule has 0 unspecified atom stereocenters. The van der Waals surface area contributed by atoms with Crippen molar-refractivity contribution < 1.29 is 19.1 Å². The number of carbonyl (C=O) groups excluding carboxylic acids is 3. The minimum absolute atomic E-state index is 0.146. The molecule has 2 rings (SSSR count). The van der Waals surface area contributed by atoms with E-state index < -0.39 is 24.5 Å². The van der Waals surface area contributed by atoms with Gasteiger partial charge in [-0.05, 0) is 31.4 Å². The zero-order valence-electron chi connectivity index (χ0n) is 11.6. The molecule has 3 amide bonds. The first kappa shape index (κ1) is 14.8. The highest BCUT2D eigenvalue weighted by Gasteiger charge is 2.24. The smallest absolute Gasteiger partial charge is 0.340 e. The van der Waals surface area contributed by atoms with Gasteiger partial charge in [0.2, 0.25) is 0 Å². The third-order valence-electron chi connectivity index (χ3n) is 3.04. The number of amides is 3. The zero-order valence-corrected chi connectivity index (χ0v) is 11.6. The van der Waals surface area contributed by atoms with Crippen molar-refractivity contribution in [3.05, 3.63) is 29.3 Å². The summed E-state index contributed by atoms with van der Waals surface area (Å²) in [6, 6.07) is 4.52. The second kappa shape index (κ2) is 6.25. The maximum Gasteiger partial charge on any atom is 0.340 e. The SMILES string of the molecule is Cc1cccc(C(=O)OCC(=O)NC(=O)NC2CC2)c1N. The van der Waals surface area contributed by atoms with Crippen molar-refractivity contribution in [1.82, 2.24) is 10.6 Å². The molecule has 1 aromatic rings. The lowest BCUT2D eigenvalue weighted by atomic mass is 10.1. The lowest BCUT2D eigenvalue weighted by Crippen LogP contribution is -2.42. The molecule has 1 aromatic carbocycles. The second-order valence-electron chi connectivity index (χ2n) is 4.91. The van der Waals surface area contributed by atoms with Crippen molar-refractivity contribution in [3.8, 4) is 0 Å². The van der Waals surface area contributed by atoms with Gasteiger partial charge < -0.3 is 15.8 Å². The second-order valence-corrected chi connectivity index (χ2v) is 4.91. The number of aryl methyl sites for hydroxylation is 1. The molecule has 0 aliphatic heterocycles. The van der Waals surface area contributed by atoms with Gasteiger partial charge in [-0.15, -0.1) is 0 Å². The van der Waals surface area contributed by atoms with Crippen LogP contribution in [0.1, 0.15) is 28.8 Å². The zero-order chi connectivity index (χ0) is 15.4. The Hall–Kier alpha value is -2.57. The summed E-state index contributed by atoms with van der Waals surface area (Å²) in [5, 5.41) is 4.68. The van der Waals surface area contributed by atoms with E-state index in [1.54, 1.807) is 19.1 Å². The van der Waals surface area contributed by atoms with Crippen molar-refractivity contribution in [1.29, 1.82) is 0 Å². The summed E-state index contributed by atoms with van der Waals surface area (Å²) in [4.78, 5) is 34.6. The summed E-state index contributed by atoms with van der Waals surface area (Å²) >= 11 is 0. The number of para-hydroxylation sites is 1. The minimum Gasteiger partial charge on any atom is -0.452 e. The van der Waals surface area contributed by atoms with Crippen LogP contribution < -0.4 is 16.4 Å². The van der Waals surface area contributed by atoms with Gasteiger partial charge in [-0.3, -0.25) is 10.1 Å². The normalized spacial score (nSPS) is 13.4. The molecule has 0 saturated heterocycles. The standard InChI is InChI=1S/C14H17N3O4/c1-8-3-2-4-10(12(8)15)13(19)21-7-11(18)17-14(20)16-9-5-6-9/h2-4,9H,5-7,15H2,1H3,(H2,16,17,18,20). The third-order valence-corrected chi connectivity index (χ3v) is 3.04. The van der Waals surface area contributed by atoms with Crippen LogP contribution in [0.2, 0.25) is 0 Å². The molecule has 0 aromatic heterocycles. The van der Waals surface area contributed by atoms with Crippen molar-refractivity contribution >= 4 is 23.6 Å². The molecule has 0 bridgehead atoms. The van der Waals surface area contributed by atoms with Crippen molar-refractivity contribution in [2.24, 2.45) is 0 Å². The molecule has 21 heavy (non-hydrogen) atoms. The first-order valence-corrected chi connectivity index (χ1v) is 6.60. The Morgan fingerprint density at radius 3 is 2.71 bits per heavy atom. The fourth-order valence-electron chi connectivity index (χ4n) is 1.68. The van der Waals surface area contributed by atoms with Crippen LogP contribution >= 0.6 is 0 Å². The largest absolute Gasteiger partial charge is 0.452 e. The summed E-state index contributed by atoms with van der Waals surface area (Å²) in [7, 11) is 0. The number of hydrogen-bond acceptors (Lipinski definition) is 5. The van der Waals surface area contributed by atoms with Gasteiger partial charge in [0.25, 0.3) is 5.91 Å². The van der Waals surface area contributed by atoms with E-state index in [0.29, 0.717) is 5.69 Å². The number of esters is 1. The average molecular weight is 291 g/mol. The Morgan fingerprint density at radius 1 is 1.33 bits per heavy atom. The lowest BCUT2D eigenvalue weighted by Gasteiger charge is -2.09. The van der Waals surface area contributed by atoms with E-state index in [1.807, 2.05) is 0 Å². The van der Waals surface area contributed by atoms with E-state index in [1.165, 1.54) is 6.07 Å². The molecular formula is C14H17N3O4. The molecule has 112 valence electrons. The van der Waals surface area contributed by atoms with Gasteiger partial charge in [0.05, 0.1) is 5.56 Å². The molecule has 0 atom stereocenters. The summed E-state index contributed by atoms with van der Waals surface area (Å²) in [5.41, 5.74) is 7.03. The highest BCUT2D eigenvalue weighted by atomic mass is 16.5. The van der Waals surface area contributed by atoms with Gasteiger partial charge in [0.1, 0.15) is 0 Å². The lowest BCUT2D eigenvalue weighted by molar-refractivity contribution is -0.123. The van der Waals surface area contributed by atoms with Gasteiger partial charge in [-0.2, -0.15) is 0 Å². The number of carbonyl (C=O) groups is 3. The molecule has 1 saturated carbocycles. The molecule has 1 fully saturated rings. The third kappa shape index (κ3) is 4.20. The quantitative estimate of drug-likeness (QED) is 0.559. The van der Waals surface area contributed by atoms with Gasteiger partial charge in [-0.1, -0.05) is 12.1 Å². The summed E-state index contributed by atoms with van der Waals surface area (Å²) in [5.74, 6) is -1.39. The number of urea groups is 1. The average Bonchev–Trinajstić information content (AvgIpc) is 3.23. The Kier molecular flexibility index (Phi) is 4.42. The summed E-state index contributed by atoms with van der Waals surface area (Å²) < 4.78 is 4.84. The van der Waals surface area contributed by atoms with E-state index in [9.17, 15) is 14.4 Å². The highest BCUT2D eigenvalue weighted by Crippen LogP contribution is 2.18. The van der Waals surface area contributed by atoms with Gasteiger partial charge >= 0.3 is 12.0 Å². The van der Waals surface area contributed by atoms with Crippen LogP contribution in [0.15, 0.2) is 18.2 Å². The molecule has 0 spiro atoms. The van der Waals surface area contributed by atoms with Crippen LogP contribution in [-0.4, -0.2) is 30.6 Å². The van der Waals surface area contributed by atoms with Crippen molar-refractivity contribution in [2.45, 2.75) is 25.8 Å². The molecule has 0 heterocycles. The Labute approximate surface area is 121 Å². The summed E-state index contributed by atoms with van der Waals surface area (Å²) in [6.07, 6.45) is 1.84. The van der Waals surface area contributed by atoms with Crippen LogP contribution in [0, 0.1) is 6.92 Å². The van der Waals surface area contributed by atoms with E-state index in [2.05, 4.69) is 10.6 Å². The molecular weight excluding hydrogens is 274 g/mol. The minimum atomic E-state index is -0.700. The fraction of sp³-hybridized carbons (Fsp3) is 0.357. The molecule has 7 heteroatoms. The Morgan fingerprint density at radius 2 is 2.05 bits per heavy atom. The number of nitrogen functional groups attached to an aromatic ring is 1. The molecule has 7 nitrogen and oxygen atoms in total. The van der Waals surface area contributed by atoms with E-state index in [-0.39, 0.29) is 11.6 Å². The van der Waals surface area contributed by atoms with Crippen LogP contribution in [-0.2, 0) is 9.53 Å². The maximum absolute atomic E-state index is 11.8. The number of nitrogens with two attached hydrogens (primary N) is 1. The van der Waals surface area contributed by atoms with Crippen molar-refractivity contribution in [2.75, 3.05) is 12.3 Å². The number of imide groups is 1. The molecule has 1 aliphatic rings. The van der Waals surface area contributed by atoms with Gasteiger partial charge in [-0.25, -0.2) is 9.59 Å². The monoisotopic (exact) mass is 291 g/mol. The van der Waals surface area contributed by atoms with E-state index >= 15 is 0 Å². The van der Waals surface area contributed by atoms with Crippen LogP contribution in [0.4, 0.5) is 10.5 Å². The first-order chi connectivity index (χ1) is 9.97. The molecule has 1 aliphatic carbocycles. The summed E-state index contributed by atoms with van der Waals surface area (Å²) in [6.45, 7) is 1.23. The van der Waals surface area contributed by atoms with E-state index in [4.69, 9.17) is 10.5 Å². The topological polar surface area (TPSA) is 111 Å². The van der Waals surface area contributed by atoms with Gasteiger partial charge in [0, 0.05) is 11.7 Å². The van der Waals surface area contributed by atoms with Gasteiger partial charge in [0.15, 0.2) is 6.61 Å². The number of rotatable bonds is 4. The number of anilines is 1. The number of benzene rings is 1. The maximum atomic E-state index is 11.8. The van der Waals surface area contributed by atoms with Crippen LogP contribution in [0.5, 0.6) is 0 Å². The molecule has 0 radical (unpaired) electrons. The predicted octanol–water partition coefficient (Wildman–Crippen LogP) is 0.722. The Bertz CT molecular complexity index is 582. The van der Waals surface area contributed by atoms with Crippen LogP contribution in [0.25, 0.3) is 0 Å². The predicted molar refractivity (Wildman–Crippen MR) is 75.6 cm³/mol. The fourth-order valence-corrected chi connectivity index (χ4v) is 1.68. The van der Waals surface area contributed by atoms with Crippen LogP contribution in [0.3, 0.4) is 0 Å². The Balaban J connectivity index is 1.81. The van der Waals surface area contributed by atoms with Crippen molar-refractivity contribution in [3.63, 3.8) is 0 Å².